The molecule has 100 valence electrons. The number of carboxylic acids is 1. The second-order valence-electron chi connectivity index (χ2n) is 4.28. The molecule has 0 aliphatic carbocycles. The summed E-state index contributed by atoms with van der Waals surface area (Å²) in [6.07, 6.45) is 4.52. The van der Waals surface area contributed by atoms with E-state index >= 15 is 0 Å². The van der Waals surface area contributed by atoms with E-state index in [9.17, 15) is 14.3 Å². The van der Waals surface area contributed by atoms with Crippen LogP contribution in [-0.4, -0.2) is 11.3 Å². The molecule has 0 aliphatic rings. The van der Waals surface area contributed by atoms with Crippen LogP contribution in [0.15, 0.2) is 18.2 Å². The van der Waals surface area contributed by atoms with Gasteiger partial charge in [0.1, 0.15) is 5.82 Å². The molecule has 0 saturated heterocycles. The first-order chi connectivity index (χ1) is 8.65. The van der Waals surface area contributed by atoms with Crippen molar-refractivity contribution in [1.29, 1.82) is 0 Å². The van der Waals surface area contributed by atoms with Crippen LogP contribution in [-0.2, 0) is 17.6 Å². The van der Waals surface area contributed by atoms with Crippen molar-refractivity contribution >= 4 is 21.9 Å². The van der Waals surface area contributed by atoms with Gasteiger partial charge in [0.2, 0.25) is 0 Å². The minimum atomic E-state index is -1.17. The highest BCUT2D eigenvalue weighted by molar-refractivity contribution is 9.09. The van der Waals surface area contributed by atoms with Crippen LogP contribution in [0, 0.1) is 5.82 Å². The molecule has 0 heterocycles. The molecule has 4 heteroatoms. The number of rotatable bonds is 8. The maximum absolute atomic E-state index is 13.7. The standard InChI is InChI=1S/C14H18BrFO2/c15-9-4-2-1-3-7-12-11(10-14(17)18)6-5-8-13(12)16/h5-6,8H,1-4,7,9-10H2,(H,17,18)/p-1. The number of benzene rings is 1. The summed E-state index contributed by atoms with van der Waals surface area (Å²) in [7, 11) is 0. The monoisotopic (exact) mass is 315 g/mol. The summed E-state index contributed by atoms with van der Waals surface area (Å²) in [5.74, 6) is -1.48. The molecular formula is C14H17BrFO2-. The number of unbranched alkanes of at least 4 members (excludes halogenated alkanes) is 3. The minimum Gasteiger partial charge on any atom is -0.550 e. The fourth-order valence-electron chi connectivity index (χ4n) is 1.95. The van der Waals surface area contributed by atoms with Gasteiger partial charge in [0.15, 0.2) is 0 Å². The van der Waals surface area contributed by atoms with E-state index in [1.54, 1.807) is 12.1 Å². The molecule has 0 aliphatic heterocycles. The van der Waals surface area contributed by atoms with Crippen molar-refractivity contribution in [3.05, 3.63) is 35.1 Å². The zero-order valence-electron chi connectivity index (χ0n) is 10.3. The fraction of sp³-hybridized carbons (Fsp3) is 0.500. The van der Waals surface area contributed by atoms with Gasteiger partial charge in [-0.25, -0.2) is 4.39 Å². The average molecular weight is 316 g/mol. The summed E-state index contributed by atoms with van der Waals surface area (Å²) in [4.78, 5) is 10.6. The van der Waals surface area contributed by atoms with Gasteiger partial charge in [-0.15, -0.1) is 0 Å². The van der Waals surface area contributed by atoms with Crippen molar-refractivity contribution < 1.29 is 14.3 Å². The van der Waals surface area contributed by atoms with Crippen LogP contribution in [0.4, 0.5) is 4.39 Å². The van der Waals surface area contributed by atoms with Gasteiger partial charge < -0.3 is 9.90 Å². The number of alkyl halides is 1. The zero-order chi connectivity index (χ0) is 13.4. The molecule has 0 bridgehead atoms. The molecule has 0 fully saturated rings. The van der Waals surface area contributed by atoms with Crippen molar-refractivity contribution in [3.8, 4) is 0 Å². The Labute approximate surface area is 115 Å². The first-order valence-corrected chi connectivity index (χ1v) is 7.29. The Morgan fingerprint density at radius 2 is 1.94 bits per heavy atom. The third-order valence-corrected chi connectivity index (χ3v) is 3.42. The molecule has 0 unspecified atom stereocenters. The summed E-state index contributed by atoms with van der Waals surface area (Å²) >= 11 is 3.36. The highest BCUT2D eigenvalue weighted by Gasteiger charge is 2.08. The number of hydrogen-bond donors (Lipinski definition) is 0. The number of carboxylic acid groups (broad SMARTS) is 1. The van der Waals surface area contributed by atoms with Gasteiger partial charge in [0, 0.05) is 17.7 Å². The fourth-order valence-corrected chi connectivity index (χ4v) is 2.35. The number of carbonyl (C=O) groups excluding carboxylic acids is 1. The van der Waals surface area contributed by atoms with Crippen molar-refractivity contribution in [2.24, 2.45) is 0 Å². The summed E-state index contributed by atoms with van der Waals surface area (Å²) < 4.78 is 13.7. The molecule has 1 aromatic carbocycles. The molecule has 1 rings (SSSR count). The van der Waals surface area contributed by atoms with Gasteiger partial charge in [0.25, 0.3) is 0 Å². The van der Waals surface area contributed by atoms with Crippen molar-refractivity contribution in [2.45, 2.75) is 38.5 Å². The predicted molar refractivity (Wildman–Crippen MR) is 71.1 cm³/mol. The first-order valence-electron chi connectivity index (χ1n) is 6.17. The third kappa shape index (κ3) is 5.17. The summed E-state index contributed by atoms with van der Waals surface area (Å²) in [6.45, 7) is 0. The van der Waals surface area contributed by atoms with Crippen LogP contribution in [0.1, 0.15) is 36.8 Å². The molecule has 0 spiro atoms. The van der Waals surface area contributed by atoms with Gasteiger partial charge in [-0.1, -0.05) is 40.9 Å². The molecule has 0 atom stereocenters. The Morgan fingerprint density at radius 1 is 1.22 bits per heavy atom. The van der Waals surface area contributed by atoms with Gasteiger partial charge in [-0.3, -0.25) is 0 Å². The van der Waals surface area contributed by atoms with E-state index in [1.165, 1.54) is 6.07 Å². The molecular weight excluding hydrogens is 299 g/mol. The number of hydrogen-bond acceptors (Lipinski definition) is 2. The van der Waals surface area contributed by atoms with Gasteiger partial charge in [-0.2, -0.15) is 0 Å². The van der Waals surface area contributed by atoms with Gasteiger partial charge >= 0.3 is 0 Å². The van der Waals surface area contributed by atoms with E-state index in [2.05, 4.69) is 15.9 Å². The molecule has 1 aromatic rings. The van der Waals surface area contributed by atoms with Crippen LogP contribution >= 0.6 is 15.9 Å². The predicted octanol–water partition coefficient (Wildman–Crippen LogP) is 2.62. The van der Waals surface area contributed by atoms with E-state index in [4.69, 9.17) is 0 Å². The second kappa shape index (κ2) is 8.25. The Bertz CT molecular complexity index is 393. The van der Waals surface area contributed by atoms with Crippen LogP contribution < -0.4 is 5.11 Å². The lowest BCUT2D eigenvalue weighted by Crippen LogP contribution is -2.25. The van der Waals surface area contributed by atoms with E-state index < -0.39 is 5.97 Å². The van der Waals surface area contributed by atoms with Crippen LogP contribution in [0.3, 0.4) is 0 Å². The van der Waals surface area contributed by atoms with Gasteiger partial charge in [-0.05, 0) is 36.5 Å². The van der Waals surface area contributed by atoms with Gasteiger partial charge in [0.05, 0.1) is 0 Å². The lowest BCUT2D eigenvalue weighted by atomic mass is 9.98. The molecule has 0 saturated carbocycles. The Kier molecular flexibility index (Phi) is 6.94. The summed E-state index contributed by atoms with van der Waals surface area (Å²) in [5, 5.41) is 11.6. The van der Waals surface area contributed by atoms with E-state index in [0.29, 0.717) is 17.5 Å². The lowest BCUT2D eigenvalue weighted by molar-refractivity contribution is -0.304. The number of carbonyl (C=O) groups is 1. The molecule has 0 N–H and O–H groups in total. The van der Waals surface area contributed by atoms with Crippen LogP contribution in [0.2, 0.25) is 0 Å². The summed E-state index contributed by atoms with van der Waals surface area (Å²) in [5.41, 5.74) is 1.07. The lowest BCUT2D eigenvalue weighted by Gasteiger charge is -2.11. The normalized spacial score (nSPS) is 10.6. The Hall–Kier alpha value is -0.900. The van der Waals surface area contributed by atoms with Crippen molar-refractivity contribution in [2.75, 3.05) is 5.33 Å². The topological polar surface area (TPSA) is 40.1 Å². The highest BCUT2D eigenvalue weighted by atomic mass is 79.9. The smallest absolute Gasteiger partial charge is 0.126 e. The van der Waals surface area contributed by atoms with E-state index in [-0.39, 0.29) is 12.2 Å². The third-order valence-electron chi connectivity index (χ3n) is 2.86. The minimum absolute atomic E-state index is 0.214. The first kappa shape index (κ1) is 15.2. The zero-order valence-corrected chi connectivity index (χ0v) is 11.8. The maximum Gasteiger partial charge on any atom is 0.126 e. The molecule has 0 aromatic heterocycles. The van der Waals surface area contributed by atoms with Crippen molar-refractivity contribution in [3.63, 3.8) is 0 Å². The largest absolute Gasteiger partial charge is 0.550 e. The molecule has 0 radical (unpaired) electrons. The molecule has 18 heavy (non-hydrogen) atoms. The highest BCUT2D eigenvalue weighted by Crippen LogP contribution is 2.17. The van der Waals surface area contributed by atoms with Crippen molar-refractivity contribution in [1.82, 2.24) is 0 Å². The Balaban J connectivity index is 2.59. The SMILES string of the molecule is O=C([O-])Cc1cccc(F)c1CCCCCCBr. The number of aliphatic carboxylic acids is 1. The van der Waals surface area contributed by atoms with Crippen LogP contribution in [0.25, 0.3) is 0 Å². The Morgan fingerprint density at radius 3 is 2.61 bits per heavy atom. The van der Waals surface area contributed by atoms with E-state index in [0.717, 1.165) is 31.0 Å². The summed E-state index contributed by atoms with van der Waals surface area (Å²) in [6, 6.07) is 4.58. The van der Waals surface area contributed by atoms with Crippen LogP contribution in [0.5, 0.6) is 0 Å². The molecule has 0 amide bonds. The average Bonchev–Trinajstić information content (AvgIpc) is 2.31. The van der Waals surface area contributed by atoms with E-state index in [1.807, 2.05) is 0 Å². The quantitative estimate of drug-likeness (QED) is 0.546. The second-order valence-corrected chi connectivity index (χ2v) is 5.07. The molecule has 2 nitrogen and oxygen atoms in total. The maximum atomic E-state index is 13.7. The number of halogens is 2.